The van der Waals surface area contributed by atoms with Gasteiger partial charge < -0.3 is 4.57 Å². The van der Waals surface area contributed by atoms with Crippen LogP contribution in [0, 0.1) is 13.8 Å². The third-order valence-electron chi connectivity index (χ3n) is 5.68. The smallest absolute Gasteiger partial charge is 0.197 e. The van der Waals surface area contributed by atoms with Crippen molar-refractivity contribution in [1.82, 2.24) is 14.1 Å². The number of fused-ring (bicyclic) bond motifs is 2. The molecule has 0 saturated carbocycles. The van der Waals surface area contributed by atoms with Gasteiger partial charge in [-0.3, -0.25) is 14.2 Å². The normalized spacial score (nSPS) is 14.9. The third kappa shape index (κ3) is 2.59. The Labute approximate surface area is 178 Å². The van der Waals surface area contributed by atoms with E-state index in [0.29, 0.717) is 16.1 Å². The first-order valence-corrected chi connectivity index (χ1v) is 9.96. The van der Waals surface area contributed by atoms with Crippen molar-refractivity contribution in [3.63, 3.8) is 0 Å². The van der Waals surface area contributed by atoms with Gasteiger partial charge in [0, 0.05) is 28.9 Å². The average molecular weight is 416 g/mol. The Hall–Kier alpha value is -3.44. The molecular formula is C24H18ClN3O2. The van der Waals surface area contributed by atoms with E-state index in [1.54, 1.807) is 18.2 Å². The molecule has 1 aliphatic carbocycles. The van der Waals surface area contributed by atoms with E-state index in [-0.39, 0.29) is 17.1 Å². The maximum absolute atomic E-state index is 13.0. The molecule has 2 aromatic carbocycles. The highest BCUT2D eigenvalue weighted by Crippen LogP contribution is 2.33. The number of para-hydroxylation sites is 1. The average Bonchev–Trinajstić information content (AvgIpc) is 3.29. The maximum Gasteiger partial charge on any atom is 0.197 e. The molecule has 0 atom stereocenters. The molecule has 0 N–H and O–H groups in total. The minimum atomic E-state index is -0.300. The number of hydrogen-bond acceptors (Lipinski definition) is 3. The number of rotatable bonds is 2. The molecule has 4 aromatic rings. The van der Waals surface area contributed by atoms with Gasteiger partial charge in [-0.2, -0.15) is 0 Å². The van der Waals surface area contributed by atoms with E-state index in [1.165, 1.54) is 0 Å². The SMILES string of the molecule is Cc1cc2c(cc1Cl)C(=O)/C(=C\c1cc3c(nc(C)n3C)n1-c1ccccc1)C2=O. The number of benzene rings is 2. The minimum Gasteiger partial charge on any atom is -0.330 e. The van der Waals surface area contributed by atoms with E-state index in [4.69, 9.17) is 16.6 Å². The highest BCUT2D eigenvalue weighted by molar-refractivity contribution is 6.42. The number of halogens is 1. The summed E-state index contributed by atoms with van der Waals surface area (Å²) < 4.78 is 3.96. The van der Waals surface area contributed by atoms with Crippen LogP contribution < -0.4 is 0 Å². The van der Waals surface area contributed by atoms with Gasteiger partial charge in [0.05, 0.1) is 16.8 Å². The highest BCUT2D eigenvalue weighted by atomic mass is 35.5. The van der Waals surface area contributed by atoms with E-state index < -0.39 is 0 Å². The number of aryl methyl sites for hydroxylation is 3. The molecule has 0 bridgehead atoms. The quantitative estimate of drug-likeness (QED) is 0.338. The molecular weight excluding hydrogens is 398 g/mol. The Kier molecular flexibility index (Phi) is 4.05. The van der Waals surface area contributed by atoms with Crippen LogP contribution in [0.3, 0.4) is 0 Å². The van der Waals surface area contributed by atoms with E-state index >= 15 is 0 Å². The number of carbonyl (C=O) groups is 2. The Morgan fingerprint density at radius 1 is 0.967 bits per heavy atom. The molecule has 6 heteroatoms. The molecule has 0 fully saturated rings. The van der Waals surface area contributed by atoms with E-state index in [0.717, 1.165) is 33.9 Å². The van der Waals surface area contributed by atoms with Crippen molar-refractivity contribution in [2.24, 2.45) is 7.05 Å². The summed E-state index contributed by atoms with van der Waals surface area (Å²) in [5, 5.41) is 0.481. The lowest BCUT2D eigenvalue weighted by atomic mass is 10.1. The molecule has 148 valence electrons. The monoisotopic (exact) mass is 415 g/mol. The highest BCUT2D eigenvalue weighted by Gasteiger charge is 2.34. The van der Waals surface area contributed by atoms with E-state index in [1.807, 2.05) is 66.4 Å². The van der Waals surface area contributed by atoms with Crippen molar-refractivity contribution in [2.45, 2.75) is 13.8 Å². The topological polar surface area (TPSA) is 56.9 Å². The van der Waals surface area contributed by atoms with Gasteiger partial charge >= 0.3 is 0 Å². The van der Waals surface area contributed by atoms with Gasteiger partial charge in [0.2, 0.25) is 0 Å². The van der Waals surface area contributed by atoms with Crippen LogP contribution in [-0.2, 0) is 7.05 Å². The summed E-state index contributed by atoms with van der Waals surface area (Å²) in [5.41, 5.74) is 5.02. The molecule has 5 rings (SSSR count). The second kappa shape index (κ2) is 6.54. The van der Waals surface area contributed by atoms with Gasteiger partial charge in [-0.1, -0.05) is 29.8 Å². The summed E-state index contributed by atoms with van der Waals surface area (Å²) in [4.78, 5) is 30.7. The predicted octanol–water partition coefficient (Wildman–Crippen LogP) is 5.10. The summed E-state index contributed by atoms with van der Waals surface area (Å²) in [6.45, 7) is 3.77. The molecule has 2 aromatic heterocycles. The fraction of sp³-hybridized carbons (Fsp3) is 0.125. The number of carbonyl (C=O) groups excluding carboxylic acids is 2. The summed E-state index contributed by atoms with van der Waals surface area (Å²) in [5.74, 6) is 0.309. The van der Waals surface area contributed by atoms with Crippen LogP contribution in [0.1, 0.15) is 37.8 Å². The van der Waals surface area contributed by atoms with Crippen LogP contribution in [0.15, 0.2) is 54.1 Å². The molecule has 2 heterocycles. The zero-order valence-corrected chi connectivity index (χ0v) is 17.5. The number of aromatic nitrogens is 3. The molecule has 0 amide bonds. The van der Waals surface area contributed by atoms with Gasteiger partial charge in [0.25, 0.3) is 0 Å². The molecule has 5 nitrogen and oxygen atoms in total. The summed E-state index contributed by atoms with van der Waals surface area (Å²) >= 11 is 6.19. The van der Waals surface area contributed by atoms with Crippen LogP contribution >= 0.6 is 11.6 Å². The second-order valence-corrected chi connectivity index (χ2v) is 7.94. The lowest BCUT2D eigenvalue weighted by molar-refractivity contribution is 0.0990. The summed E-state index contributed by atoms with van der Waals surface area (Å²) in [7, 11) is 1.95. The first-order valence-electron chi connectivity index (χ1n) is 9.58. The van der Waals surface area contributed by atoms with Gasteiger partial charge in [-0.15, -0.1) is 0 Å². The van der Waals surface area contributed by atoms with E-state index in [2.05, 4.69) is 0 Å². The number of imidazole rings is 1. The largest absolute Gasteiger partial charge is 0.330 e. The van der Waals surface area contributed by atoms with Crippen LogP contribution in [-0.4, -0.2) is 25.7 Å². The maximum atomic E-state index is 13.0. The lowest BCUT2D eigenvalue weighted by Crippen LogP contribution is -2.03. The Morgan fingerprint density at radius 2 is 1.63 bits per heavy atom. The minimum absolute atomic E-state index is 0.142. The van der Waals surface area contributed by atoms with Gasteiger partial charge in [-0.05, 0) is 55.8 Å². The van der Waals surface area contributed by atoms with Crippen molar-refractivity contribution in [2.75, 3.05) is 0 Å². The molecule has 0 spiro atoms. The number of hydrogen-bond donors (Lipinski definition) is 0. The van der Waals surface area contributed by atoms with Crippen molar-refractivity contribution in [3.8, 4) is 5.69 Å². The predicted molar refractivity (Wildman–Crippen MR) is 118 cm³/mol. The van der Waals surface area contributed by atoms with Crippen molar-refractivity contribution in [1.29, 1.82) is 0 Å². The molecule has 0 radical (unpaired) electrons. The number of allylic oxidation sites excluding steroid dienone is 1. The van der Waals surface area contributed by atoms with E-state index in [9.17, 15) is 9.59 Å². The van der Waals surface area contributed by atoms with Crippen LogP contribution in [0.5, 0.6) is 0 Å². The number of ketones is 2. The van der Waals surface area contributed by atoms with Crippen LogP contribution in [0.2, 0.25) is 5.02 Å². The molecule has 1 aliphatic rings. The fourth-order valence-corrected chi connectivity index (χ4v) is 4.11. The van der Waals surface area contributed by atoms with Crippen LogP contribution in [0.4, 0.5) is 0 Å². The second-order valence-electron chi connectivity index (χ2n) is 7.53. The Bertz CT molecular complexity index is 1360. The van der Waals surface area contributed by atoms with Crippen molar-refractivity contribution >= 4 is 40.4 Å². The molecule has 0 unspecified atom stereocenters. The van der Waals surface area contributed by atoms with Crippen molar-refractivity contribution < 1.29 is 9.59 Å². The molecule has 0 aliphatic heterocycles. The lowest BCUT2D eigenvalue weighted by Gasteiger charge is -2.07. The first-order chi connectivity index (χ1) is 14.4. The first kappa shape index (κ1) is 18.6. The van der Waals surface area contributed by atoms with Gasteiger partial charge in [-0.25, -0.2) is 4.98 Å². The number of Topliss-reactive ketones (excluding diaryl/α,β-unsaturated/α-hetero) is 2. The Balaban J connectivity index is 1.74. The van der Waals surface area contributed by atoms with Gasteiger partial charge in [0.15, 0.2) is 17.2 Å². The third-order valence-corrected chi connectivity index (χ3v) is 6.09. The van der Waals surface area contributed by atoms with Crippen LogP contribution in [0.25, 0.3) is 22.9 Å². The molecule has 0 saturated heterocycles. The zero-order valence-electron chi connectivity index (χ0n) is 16.7. The molecule has 30 heavy (non-hydrogen) atoms. The Morgan fingerprint density at radius 3 is 2.33 bits per heavy atom. The summed E-state index contributed by atoms with van der Waals surface area (Å²) in [6, 6.07) is 15.0. The zero-order chi connectivity index (χ0) is 21.2. The van der Waals surface area contributed by atoms with Crippen molar-refractivity contribution in [3.05, 3.63) is 87.3 Å². The standard InChI is InChI=1S/C24H18ClN3O2/c1-13-9-17-18(12-20(13)25)23(30)19(22(17)29)10-16-11-21-24(26-14(2)27(21)3)28(16)15-7-5-4-6-8-15/h4-12H,1-3H3/b19-10-. The van der Waals surface area contributed by atoms with Gasteiger partial charge in [0.1, 0.15) is 5.82 Å². The fourth-order valence-electron chi connectivity index (χ4n) is 3.95. The number of nitrogens with zero attached hydrogens (tertiary/aromatic N) is 3. The summed E-state index contributed by atoms with van der Waals surface area (Å²) in [6.07, 6.45) is 1.66.